The molecule has 1 aromatic carbocycles. The molecule has 1 heterocycles. The molecule has 1 saturated heterocycles. The Morgan fingerprint density at radius 1 is 1.05 bits per heavy atom. The van der Waals surface area contributed by atoms with E-state index in [9.17, 15) is 14.7 Å². The predicted molar refractivity (Wildman–Crippen MR) is 78.2 cm³/mol. The normalized spacial score (nSPS) is 26.0. The summed E-state index contributed by atoms with van der Waals surface area (Å²) in [7, 11) is 0. The van der Waals surface area contributed by atoms with Gasteiger partial charge in [-0.15, -0.1) is 0 Å². The molecule has 0 radical (unpaired) electrons. The number of likely N-dealkylation sites (tertiary alicyclic amines) is 1. The summed E-state index contributed by atoms with van der Waals surface area (Å²) in [5.41, 5.74) is 1.02. The zero-order valence-electron chi connectivity index (χ0n) is 11.8. The van der Waals surface area contributed by atoms with Crippen molar-refractivity contribution in [2.45, 2.75) is 25.3 Å². The third kappa shape index (κ3) is 2.51. The number of hydrogen-bond acceptors (Lipinski definition) is 3. The molecular weight excluding hydrogens is 266 g/mol. The van der Waals surface area contributed by atoms with Crippen LogP contribution in [0.2, 0.25) is 0 Å². The van der Waals surface area contributed by atoms with Crippen LogP contribution in [0.3, 0.4) is 0 Å². The van der Waals surface area contributed by atoms with Crippen molar-refractivity contribution in [2.24, 2.45) is 11.8 Å². The number of carbonyl (C=O) groups is 2. The van der Waals surface area contributed by atoms with Crippen molar-refractivity contribution in [3.05, 3.63) is 48.0 Å². The Morgan fingerprint density at radius 3 is 2.14 bits per heavy atom. The average Bonchev–Trinajstić information content (AvgIpc) is 2.78. The van der Waals surface area contributed by atoms with Gasteiger partial charge in [-0.25, -0.2) is 0 Å². The standard InChI is InChI=1S/C17H19NO3/c19-11-13(10-12-6-2-1-3-7-12)18-16(20)14-8-4-5-9-15(14)17(18)21/h1-7,13-15,19H,8-11H2/t13-,14?,15?/m1/s1. The summed E-state index contributed by atoms with van der Waals surface area (Å²) in [5, 5.41) is 9.66. The third-order valence-electron chi connectivity index (χ3n) is 4.43. The highest BCUT2D eigenvalue weighted by Gasteiger charge is 2.49. The number of allylic oxidation sites excluding steroid dienone is 2. The largest absolute Gasteiger partial charge is 0.394 e. The molecule has 2 aliphatic rings. The number of aliphatic hydroxyl groups excluding tert-OH is 1. The average molecular weight is 285 g/mol. The highest BCUT2D eigenvalue weighted by atomic mass is 16.3. The van der Waals surface area contributed by atoms with Crippen molar-refractivity contribution >= 4 is 11.8 Å². The molecular formula is C17H19NO3. The second kappa shape index (κ2) is 5.82. The second-order valence-electron chi connectivity index (χ2n) is 5.73. The molecule has 1 N–H and O–H groups in total. The van der Waals surface area contributed by atoms with Crippen LogP contribution < -0.4 is 0 Å². The van der Waals surface area contributed by atoms with Crippen LogP contribution in [0.5, 0.6) is 0 Å². The van der Waals surface area contributed by atoms with Gasteiger partial charge in [-0.1, -0.05) is 42.5 Å². The molecule has 0 saturated carbocycles. The second-order valence-corrected chi connectivity index (χ2v) is 5.73. The van der Waals surface area contributed by atoms with E-state index in [0.717, 1.165) is 5.56 Å². The maximum Gasteiger partial charge on any atom is 0.233 e. The molecule has 3 rings (SSSR count). The molecule has 2 unspecified atom stereocenters. The fourth-order valence-corrected chi connectivity index (χ4v) is 3.31. The number of imide groups is 1. The van der Waals surface area contributed by atoms with Crippen LogP contribution in [-0.4, -0.2) is 34.5 Å². The summed E-state index contributed by atoms with van der Waals surface area (Å²) >= 11 is 0. The minimum absolute atomic E-state index is 0.121. The van der Waals surface area contributed by atoms with Crippen molar-refractivity contribution in [3.8, 4) is 0 Å². The Balaban J connectivity index is 1.81. The van der Waals surface area contributed by atoms with E-state index in [4.69, 9.17) is 0 Å². The summed E-state index contributed by atoms with van der Waals surface area (Å²) in [4.78, 5) is 26.3. The van der Waals surface area contributed by atoms with Gasteiger partial charge in [0.2, 0.25) is 11.8 Å². The van der Waals surface area contributed by atoms with Crippen molar-refractivity contribution in [3.63, 3.8) is 0 Å². The SMILES string of the molecule is O=C1C2CC=CCC2C(=O)N1[C@@H](CO)Cc1ccccc1. The molecule has 3 atom stereocenters. The number of rotatable bonds is 4. The van der Waals surface area contributed by atoms with Crippen LogP contribution in [0.4, 0.5) is 0 Å². The topological polar surface area (TPSA) is 57.6 Å². The number of benzene rings is 1. The molecule has 0 bridgehead atoms. The predicted octanol–water partition coefficient (Wildman–Crippen LogP) is 1.54. The molecule has 1 aromatic rings. The fraction of sp³-hybridized carbons (Fsp3) is 0.412. The van der Waals surface area contributed by atoms with Gasteiger partial charge in [-0.05, 0) is 24.8 Å². The summed E-state index contributed by atoms with van der Waals surface area (Å²) in [5.74, 6) is -0.701. The number of aliphatic hydroxyl groups is 1. The number of nitrogens with zero attached hydrogens (tertiary/aromatic N) is 1. The van der Waals surface area contributed by atoms with E-state index in [1.54, 1.807) is 0 Å². The number of carbonyl (C=O) groups excluding carboxylic acids is 2. The third-order valence-corrected chi connectivity index (χ3v) is 4.43. The first kappa shape index (κ1) is 14.0. The molecule has 1 fully saturated rings. The first-order chi connectivity index (χ1) is 10.2. The van der Waals surface area contributed by atoms with Crippen LogP contribution in [0, 0.1) is 11.8 Å². The molecule has 1 aliphatic heterocycles. The zero-order chi connectivity index (χ0) is 14.8. The molecule has 1 aliphatic carbocycles. The van der Waals surface area contributed by atoms with Gasteiger partial charge in [0.25, 0.3) is 0 Å². The van der Waals surface area contributed by atoms with Crippen LogP contribution >= 0.6 is 0 Å². The van der Waals surface area contributed by atoms with Crippen LogP contribution in [-0.2, 0) is 16.0 Å². The Morgan fingerprint density at radius 2 is 1.62 bits per heavy atom. The van der Waals surface area contributed by atoms with Crippen LogP contribution in [0.15, 0.2) is 42.5 Å². The fourth-order valence-electron chi connectivity index (χ4n) is 3.31. The Kier molecular flexibility index (Phi) is 3.88. The lowest BCUT2D eigenvalue weighted by Gasteiger charge is -2.25. The van der Waals surface area contributed by atoms with E-state index < -0.39 is 6.04 Å². The summed E-state index contributed by atoms with van der Waals surface area (Å²) < 4.78 is 0. The van der Waals surface area contributed by atoms with E-state index >= 15 is 0 Å². The van der Waals surface area contributed by atoms with Gasteiger partial charge in [0.15, 0.2) is 0 Å². The van der Waals surface area contributed by atoms with Gasteiger partial charge in [0.1, 0.15) is 0 Å². The van der Waals surface area contributed by atoms with Gasteiger partial charge in [0, 0.05) is 0 Å². The van der Waals surface area contributed by atoms with Gasteiger partial charge in [0.05, 0.1) is 24.5 Å². The van der Waals surface area contributed by atoms with Crippen molar-refractivity contribution in [2.75, 3.05) is 6.61 Å². The molecule has 4 heteroatoms. The van der Waals surface area contributed by atoms with E-state index in [1.165, 1.54) is 4.90 Å². The molecule has 0 aromatic heterocycles. The highest BCUT2D eigenvalue weighted by molar-refractivity contribution is 6.05. The van der Waals surface area contributed by atoms with Gasteiger partial charge >= 0.3 is 0 Å². The van der Waals surface area contributed by atoms with E-state index in [-0.39, 0.29) is 30.3 Å². The highest BCUT2D eigenvalue weighted by Crippen LogP contribution is 2.36. The number of fused-ring (bicyclic) bond motifs is 1. The van der Waals surface area contributed by atoms with E-state index in [0.29, 0.717) is 19.3 Å². The van der Waals surface area contributed by atoms with E-state index in [2.05, 4.69) is 0 Å². The molecule has 110 valence electrons. The smallest absolute Gasteiger partial charge is 0.233 e. The van der Waals surface area contributed by atoms with Crippen molar-refractivity contribution in [1.82, 2.24) is 4.90 Å². The van der Waals surface area contributed by atoms with Crippen molar-refractivity contribution < 1.29 is 14.7 Å². The maximum atomic E-state index is 12.5. The van der Waals surface area contributed by atoms with E-state index in [1.807, 2.05) is 42.5 Å². The summed E-state index contributed by atoms with van der Waals surface area (Å²) in [6, 6.07) is 9.19. The number of hydrogen-bond donors (Lipinski definition) is 1. The Labute approximate surface area is 124 Å². The Bertz CT molecular complexity index is 541. The quantitative estimate of drug-likeness (QED) is 0.674. The van der Waals surface area contributed by atoms with Crippen LogP contribution in [0.1, 0.15) is 18.4 Å². The first-order valence-corrected chi connectivity index (χ1v) is 7.39. The minimum atomic E-state index is -0.460. The maximum absolute atomic E-state index is 12.5. The first-order valence-electron chi connectivity index (χ1n) is 7.39. The lowest BCUT2D eigenvalue weighted by Crippen LogP contribution is -2.44. The van der Waals surface area contributed by atoms with Crippen molar-refractivity contribution in [1.29, 1.82) is 0 Å². The van der Waals surface area contributed by atoms with Crippen LogP contribution in [0.25, 0.3) is 0 Å². The molecule has 4 nitrogen and oxygen atoms in total. The molecule has 2 amide bonds. The minimum Gasteiger partial charge on any atom is -0.394 e. The van der Waals surface area contributed by atoms with Gasteiger partial charge < -0.3 is 5.11 Å². The lowest BCUT2D eigenvalue weighted by molar-refractivity contribution is -0.143. The Hall–Kier alpha value is -1.94. The van der Waals surface area contributed by atoms with Gasteiger partial charge in [-0.3, -0.25) is 14.5 Å². The molecule has 0 spiro atoms. The van der Waals surface area contributed by atoms with Gasteiger partial charge in [-0.2, -0.15) is 0 Å². The monoisotopic (exact) mass is 285 g/mol. The zero-order valence-corrected chi connectivity index (χ0v) is 11.8. The summed E-state index contributed by atoms with van der Waals surface area (Å²) in [6.45, 7) is -0.195. The lowest BCUT2D eigenvalue weighted by atomic mass is 9.85. The molecule has 21 heavy (non-hydrogen) atoms. The summed E-state index contributed by atoms with van der Waals surface area (Å²) in [6.07, 6.45) is 5.72. The number of amides is 2.